The van der Waals surface area contributed by atoms with E-state index in [0.717, 1.165) is 22.6 Å². The van der Waals surface area contributed by atoms with Crippen LogP contribution in [-0.4, -0.2) is 0 Å². The number of hydrogen-bond donors (Lipinski definition) is 1. The van der Waals surface area contributed by atoms with Gasteiger partial charge in [0.05, 0.1) is 11.4 Å². The van der Waals surface area contributed by atoms with Gasteiger partial charge in [0.1, 0.15) is 0 Å². The highest BCUT2D eigenvalue weighted by molar-refractivity contribution is 5.50. The molecule has 3 nitrogen and oxygen atoms in total. The molecule has 0 aliphatic rings. The number of nitrogens with two attached hydrogens (primary N) is 1. The Morgan fingerprint density at radius 3 is 2.29 bits per heavy atom. The second-order valence-corrected chi connectivity index (χ2v) is 4.01. The van der Waals surface area contributed by atoms with Gasteiger partial charge in [0.15, 0.2) is 0 Å². The van der Waals surface area contributed by atoms with E-state index in [9.17, 15) is 0 Å². The Bertz CT molecular complexity index is 542. The van der Waals surface area contributed by atoms with E-state index in [-0.39, 0.29) is 0 Å². The minimum absolute atomic E-state index is 0.732. The van der Waals surface area contributed by atoms with E-state index in [4.69, 9.17) is 5.73 Å². The summed E-state index contributed by atoms with van der Waals surface area (Å²) < 4.78 is 0. The van der Waals surface area contributed by atoms with Gasteiger partial charge in [-0.2, -0.15) is 10.2 Å². The highest BCUT2D eigenvalue weighted by Gasteiger charge is 1.98. The number of aryl methyl sites for hydroxylation is 1. The zero-order valence-corrected chi connectivity index (χ0v) is 10.0. The second-order valence-electron chi connectivity index (χ2n) is 4.01. The summed E-state index contributed by atoms with van der Waals surface area (Å²) in [6, 6.07) is 13.4. The fourth-order valence-corrected chi connectivity index (χ4v) is 1.50. The highest BCUT2D eigenvalue weighted by Crippen LogP contribution is 2.24. The molecule has 2 aromatic rings. The van der Waals surface area contributed by atoms with Gasteiger partial charge in [-0.05, 0) is 55.3 Å². The molecule has 17 heavy (non-hydrogen) atoms. The van der Waals surface area contributed by atoms with Crippen LogP contribution in [0.15, 0.2) is 52.7 Å². The predicted molar refractivity (Wildman–Crippen MR) is 70.9 cm³/mol. The zero-order chi connectivity index (χ0) is 12.3. The van der Waals surface area contributed by atoms with Crippen molar-refractivity contribution in [1.82, 2.24) is 0 Å². The van der Waals surface area contributed by atoms with Gasteiger partial charge in [-0.25, -0.2) is 0 Å². The van der Waals surface area contributed by atoms with Crippen LogP contribution in [0.5, 0.6) is 0 Å². The van der Waals surface area contributed by atoms with Crippen LogP contribution in [0.25, 0.3) is 0 Å². The first-order valence-corrected chi connectivity index (χ1v) is 5.50. The van der Waals surface area contributed by atoms with E-state index in [0.29, 0.717) is 0 Å². The van der Waals surface area contributed by atoms with Gasteiger partial charge in [0, 0.05) is 5.69 Å². The maximum absolute atomic E-state index is 5.61. The van der Waals surface area contributed by atoms with Gasteiger partial charge in [-0.3, -0.25) is 0 Å². The van der Waals surface area contributed by atoms with Gasteiger partial charge in [0.25, 0.3) is 0 Å². The van der Waals surface area contributed by atoms with Crippen molar-refractivity contribution in [3.05, 3.63) is 53.6 Å². The summed E-state index contributed by atoms with van der Waals surface area (Å²) in [5, 5.41) is 8.44. The molecular weight excluding hydrogens is 210 g/mol. The Balaban J connectivity index is 2.26. The third-order valence-corrected chi connectivity index (χ3v) is 2.74. The molecule has 86 valence electrons. The van der Waals surface area contributed by atoms with Crippen LogP contribution in [0.3, 0.4) is 0 Å². The molecule has 0 spiro atoms. The van der Waals surface area contributed by atoms with Crippen molar-refractivity contribution in [3.63, 3.8) is 0 Å². The SMILES string of the molecule is Cc1cccc(/N=N/c2ccc(N)cc2)c1C. The summed E-state index contributed by atoms with van der Waals surface area (Å²) in [4.78, 5) is 0. The molecule has 0 aromatic heterocycles. The molecule has 0 aliphatic carbocycles. The van der Waals surface area contributed by atoms with Crippen molar-refractivity contribution in [2.24, 2.45) is 10.2 Å². The Morgan fingerprint density at radius 1 is 0.882 bits per heavy atom. The van der Waals surface area contributed by atoms with Crippen molar-refractivity contribution in [1.29, 1.82) is 0 Å². The standard InChI is InChI=1S/C14H15N3/c1-10-4-3-5-14(11(10)2)17-16-13-8-6-12(15)7-9-13/h3-9H,15H2,1-2H3/b17-16+. The quantitative estimate of drug-likeness (QED) is 0.601. The van der Waals surface area contributed by atoms with Crippen LogP contribution in [-0.2, 0) is 0 Å². The van der Waals surface area contributed by atoms with Crippen molar-refractivity contribution >= 4 is 17.1 Å². The fourth-order valence-electron chi connectivity index (χ4n) is 1.50. The summed E-state index contributed by atoms with van der Waals surface area (Å²) in [5.41, 5.74) is 10.4. The van der Waals surface area contributed by atoms with Crippen LogP contribution in [0.2, 0.25) is 0 Å². The molecule has 0 heterocycles. The van der Waals surface area contributed by atoms with E-state index < -0.39 is 0 Å². The van der Waals surface area contributed by atoms with Crippen LogP contribution in [0.4, 0.5) is 17.1 Å². The summed E-state index contributed by atoms with van der Waals surface area (Å²) >= 11 is 0. The minimum Gasteiger partial charge on any atom is -0.399 e. The van der Waals surface area contributed by atoms with Gasteiger partial charge in [0.2, 0.25) is 0 Å². The van der Waals surface area contributed by atoms with Crippen molar-refractivity contribution < 1.29 is 0 Å². The van der Waals surface area contributed by atoms with Gasteiger partial charge in [-0.15, -0.1) is 0 Å². The van der Waals surface area contributed by atoms with Gasteiger partial charge < -0.3 is 5.73 Å². The van der Waals surface area contributed by atoms with Gasteiger partial charge >= 0.3 is 0 Å². The molecular formula is C14H15N3. The number of anilines is 1. The first-order chi connectivity index (χ1) is 8.16. The third-order valence-electron chi connectivity index (χ3n) is 2.74. The maximum Gasteiger partial charge on any atom is 0.0888 e. The molecule has 0 saturated heterocycles. The molecule has 0 bridgehead atoms. The number of benzene rings is 2. The largest absolute Gasteiger partial charge is 0.399 e. The fraction of sp³-hybridized carbons (Fsp3) is 0.143. The lowest BCUT2D eigenvalue weighted by molar-refractivity contribution is 1.19. The molecule has 0 radical (unpaired) electrons. The number of rotatable bonds is 2. The molecule has 0 atom stereocenters. The second kappa shape index (κ2) is 4.78. The lowest BCUT2D eigenvalue weighted by atomic mass is 10.1. The Morgan fingerprint density at radius 2 is 1.59 bits per heavy atom. The summed E-state index contributed by atoms with van der Waals surface area (Å²) in [6.07, 6.45) is 0. The number of nitrogen functional groups attached to an aromatic ring is 1. The normalized spacial score (nSPS) is 10.9. The Kier molecular flexibility index (Phi) is 3.19. The molecule has 0 fully saturated rings. The molecule has 0 unspecified atom stereocenters. The lowest BCUT2D eigenvalue weighted by Crippen LogP contribution is -1.81. The van der Waals surface area contributed by atoms with Crippen molar-refractivity contribution in [2.75, 3.05) is 5.73 Å². The van der Waals surface area contributed by atoms with Crippen LogP contribution >= 0.6 is 0 Å². The highest BCUT2D eigenvalue weighted by atomic mass is 15.1. The topological polar surface area (TPSA) is 50.7 Å². The van der Waals surface area contributed by atoms with Crippen LogP contribution in [0.1, 0.15) is 11.1 Å². The van der Waals surface area contributed by atoms with E-state index in [1.807, 2.05) is 43.3 Å². The van der Waals surface area contributed by atoms with Crippen molar-refractivity contribution in [3.8, 4) is 0 Å². The smallest absolute Gasteiger partial charge is 0.0888 e. The Hall–Kier alpha value is -2.16. The van der Waals surface area contributed by atoms with Crippen LogP contribution < -0.4 is 5.73 Å². The predicted octanol–water partition coefficient (Wildman–Crippen LogP) is 4.30. The molecule has 0 saturated carbocycles. The molecule has 3 heteroatoms. The van der Waals surface area contributed by atoms with E-state index >= 15 is 0 Å². The summed E-state index contributed by atoms with van der Waals surface area (Å²) in [6.45, 7) is 4.12. The number of hydrogen-bond acceptors (Lipinski definition) is 3. The summed E-state index contributed by atoms with van der Waals surface area (Å²) in [7, 11) is 0. The zero-order valence-electron chi connectivity index (χ0n) is 10.0. The monoisotopic (exact) mass is 225 g/mol. The van der Waals surface area contributed by atoms with Gasteiger partial charge in [-0.1, -0.05) is 12.1 Å². The average molecular weight is 225 g/mol. The van der Waals surface area contributed by atoms with Crippen LogP contribution in [0, 0.1) is 13.8 Å². The van der Waals surface area contributed by atoms with Crippen molar-refractivity contribution in [2.45, 2.75) is 13.8 Å². The molecule has 0 aliphatic heterocycles. The summed E-state index contributed by atoms with van der Waals surface area (Å²) in [5.74, 6) is 0. The number of nitrogens with zero attached hydrogens (tertiary/aromatic N) is 2. The maximum atomic E-state index is 5.61. The number of azo groups is 1. The van der Waals surface area contributed by atoms with E-state index in [2.05, 4.69) is 23.2 Å². The Labute approximate surface area is 101 Å². The average Bonchev–Trinajstić information content (AvgIpc) is 2.33. The minimum atomic E-state index is 0.732. The molecule has 0 amide bonds. The molecule has 2 rings (SSSR count). The van der Waals surface area contributed by atoms with E-state index in [1.54, 1.807) is 0 Å². The third kappa shape index (κ3) is 2.69. The lowest BCUT2D eigenvalue weighted by Gasteiger charge is -2.02. The molecule has 2 aromatic carbocycles. The van der Waals surface area contributed by atoms with E-state index in [1.165, 1.54) is 5.56 Å². The first-order valence-electron chi connectivity index (χ1n) is 5.50. The first kappa shape index (κ1) is 11.3. The molecule has 2 N–H and O–H groups in total.